The van der Waals surface area contributed by atoms with Crippen LogP contribution in [0.5, 0.6) is 0 Å². The molecule has 0 unspecified atom stereocenters. The summed E-state index contributed by atoms with van der Waals surface area (Å²) in [5.74, 6) is -0.408. The van der Waals surface area contributed by atoms with Crippen LogP contribution < -0.4 is 5.32 Å². The van der Waals surface area contributed by atoms with Crippen LogP contribution in [0.2, 0.25) is 10.0 Å². The van der Waals surface area contributed by atoms with E-state index < -0.39 is 10.0 Å². The van der Waals surface area contributed by atoms with Gasteiger partial charge in [-0.3, -0.25) is 4.79 Å². The van der Waals surface area contributed by atoms with Gasteiger partial charge in [-0.15, -0.1) is 0 Å². The van der Waals surface area contributed by atoms with Gasteiger partial charge in [0.25, 0.3) is 0 Å². The highest BCUT2D eigenvalue weighted by Crippen LogP contribution is 2.26. The van der Waals surface area contributed by atoms with Crippen LogP contribution in [0.4, 0.5) is 0 Å². The Morgan fingerprint density at radius 2 is 1.90 bits per heavy atom. The van der Waals surface area contributed by atoms with Crippen LogP contribution in [0, 0.1) is 5.92 Å². The second-order valence-electron chi connectivity index (χ2n) is 7.76. The molecule has 2 aromatic rings. The maximum absolute atomic E-state index is 12.9. The molecule has 1 N–H and O–H groups in total. The molecule has 2 atom stereocenters. The van der Waals surface area contributed by atoms with Crippen LogP contribution in [-0.4, -0.2) is 38.3 Å². The molecule has 0 spiro atoms. The van der Waals surface area contributed by atoms with Crippen LogP contribution in [-0.2, 0) is 20.6 Å². The molecular weight excluding hydrogens is 443 g/mol. The zero-order valence-corrected chi connectivity index (χ0v) is 19.2. The summed E-state index contributed by atoms with van der Waals surface area (Å²) in [6, 6.07) is 14.8. The average Bonchev–Trinajstić information content (AvgIpc) is 2.75. The number of rotatable bonds is 7. The van der Waals surface area contributed by atoms with E-state index in [0.717, 1.165) is 5.56 Å². The molecule has 0 saturated carbocycles. The SMILES string of the molecule is C[C@@H](CNC(=O)[C@@H]1CCCN(S(=O)(=O)Cc2ccc(Cl)c(Cl)c2)C1)c1ccccc1. The standard InChI is InChI=1S/C22H26Cl2N2O3S/c1-16(18-6-3-2-4-7-18)13-25-22(27)19-8-5-11-26(14-19)30(28,29)15-17-9-10-20(23)21(24)12-17/h2-4,6-7,9-10,12,16,19H,5,8,11,13-15H2,1H3,(H,25,27)/t16-,19+/m0/s1. The number of nitrogens with zero attached hydrogens (tertiary/aromatic N) is 1. The molecule has 0 bridgehead atoms. The van der Waals surface area contributed by atoms with E-state index in [4.69, 9.17) is 23.2 Å². The van der Waals surface area contributed by atoms with Gasteiger partial charge in [-0.1, -0.05) is 66.5 Å². The molecule has 1 aliphatic rings. The molecule has 1 amide bonds. The van der Waals surface area contributed by atoms with Crippen LogP contribution in [0.1, 0.15) is 36.8 Å². The minimum absolute atomic E-state index is 0.0905. The number of carbonyl (C=O) groups excluding carboxylic acids is 1. The molecule has 0 aliphatic carbocycles. The quantitative estimate of drug-likeness (QED) is 0.652. The fourth-order valence-corrected chi connectivity index (χ4v) is 5.56. The molecule has 162 valence electrons. The monoisotopic (exact) mass is 468 g/mol. The average molecular weight is 469 g/mol. The number of nitrogens with one attached hydrogen (secondary N) is 1. The number of benzene rings is 2. The summed E-state index contributed by atoms with van der Waals surface area (Å²) in [6.45, 7) is 3.21. The van der Waals surface area contributed by atoms with Crippen molar-refractivity contribution in [3.05, 3.63) is 69.7 Å². The van der Waals surface area contributed by atoms with Crippen molar-refractivity contribution in [2.45, 2.75) is 31.4 Å². The van der Waals surface area contributed by atoms with Gasteiger partial charge in [0.1, 0.15) is 0 Å². The lowest BCUT2D eigenvalue weighted by Crippen LogP contribution is -2.46. The molecular formula is C22H26Cl2N2O3S. The summed E-state index contributed by atoms with van der Waals surface area (Å²) in [6.07, 6.45) is 1.34. The Kier molecular flexibility index (Phi) is 7.80. The summed E-state index contributed by atoms with van der Waals surface area (Å²) in [4.78, 5) is 12.7. The first-order valence-corrected chi connectivity index (χ1v) is 12.4. The third-order valence-electron chi connectivity index (χ3n) is 5.43. The van der Waals surface area contributed by atoms with Crippen LogP contribution >= 0.6 is 23.2 Å². The first-order valence-electron chi connectivity index (χ1n) is 10.0. The summed E-state index contributed by atoms with van der Waals surface area (Å²) in [5.41, 5.74) is 1.74. The van der Waals surface area contributed by atoms with Crippen molar-refractivity contribution in [2.75, 3.05) is 19.6 Å². The van der Waals surface area contributed by atoms with Crippen molar-refractivity contribution in [2.24, 2.45) is 5.92 Å². The highest BCUT2D eigenvalue weighted by Gasteiger charge is 2.32. The highest BCUT2D eigenvalue weighted by atomic mass is 35.5. The molecule has 5 nitrogen and oxygen atoms in total. The molecule has 30 heavy (non-hydrogen) atoms. The van der Waals surface area contributed by atoms with Crippen molar-refractivity contribution < 1.29 is 13.2 Å². The maximum atomic E-state index is 12.9. The molecule has 1 aliphatic heterocycles. The minimum Gasteiger partial charge on any atom is -0.355 e. The Balaban J connectivity index is 1.58. The van der Waals surface area contributed by atoms with Gasteiger partial charge in [0.15, 0.2) is 0 Å². The lowest BCUT2D eigenvalue weighted by Gasteiger charge is -2.31. The van der Waals surface area contributed by atoms with E-state index in [9.17, 15) is 13.2 Å². The summed E-state index contributed by atoms with van der Waals surface area (Å²) < 4.78 is 27.2. The van der Waals surface area contributed by atoms with E-state index >= 15 is 0 Å². The Labute approximate surface area is 188 Å². The van der Waals surface area contributed by atoms with Gasteiger partial charge >= 0.3 is 0 Å². The van der Waals surface area contributed by atoms with Crippen molar-refractivity contribution in [1.82, 2.24) is 9.62 Å². The molecule has 1 fully saturated rings. The third kappa shape index (κ3) is 5.97. The molecule has 0 aromatic heterocycles. The predicted octanol–water partition coefficient (Wildman–Crippen LogP) is 4.46. The van der Waals surface area contributed by atoms with Crippen LogP contribution in [0.25, 0.3) is 0 Å². The van der Waals surface area contributed by atoms with Gasteiger partial charge in [0.05, 0.1) is 21.7 Å². The lowest BCUT2D eigenvalue weighted by molar-refractivity contribution is -0.126. The van der Waals surface area contributed by atoms with Gasteiger partial charge in [-0.2, -0.15) is 0 Å². The molecule has 2 aromatic carbocycles. The largest absolute Gasteiger partial charge is 0.355 e. The van der Waals surface area contributed by atoms with Crippen molar-refractivity contribution in [3.63, 3.8) is 0 Å². The van der Waals surface area contributed by atoms with Gasteiger partial charge in [-0.25, -0.2) is 12.7 Å². The Morgan fingerprint density at radius 3 is 2.60 bits per heavy atom. The van der Waals surface area contributed by atoms with Crippen LogP contribution in [0.15, 0.2) is 48.5 Å². The fraction of sp³-hybridized carbons (Fsp3) is 0.409. The number of amides is 1. The number of halogens is 2. The third-order valence-corrected chi connectivity index (χ3v) is 7.99. The van der Waals surface area contributed by atoms with E-state index in [1.54, 1.807) is 18.2 Å². The number of piperidine rings is 1. The Morgan fingerprint density at radius 1 is 1.17 bits per heavy atom. The first-order chi connectivity index (χ1) is 14.3. The molecule has 8 heteroatoms. The summed E-state index contributed by atoms with van der Waals surface area (Å²) in [5, 5.41) is 3.71. The normalized spacial score (nSPS) is 18.7. The lowest BCUT2D eigenvalue weighted by atomic mass is 9.97. The van der Waals surface area contributed by atoms with E-state index in [1.807, 2.05) is 30.3 Å². The fourth-order valence-electron chi connectivity index (χ4n) is 3.64. The van der Waals surface area contributed by atoms with Crippen molar-refractivity contribution in [3.8, 4) is 0 Å². The summed E-state index contributed by atoms with van der Waals surface area (Å²) in [7, 11) is -3.56. The van der Waals surface area contributed by atoms with Gasteiger partial charge < -0.3 is 5.32 Å². The van der Waals surface area contributed by atoms with Crippen molar-refractivity contribution >= 4 is 39.1 Å². The van der Waals surface area contributed by atoms with E-state index in [0.29, 0.717) is 41.5 Å². The zero-order valence-electron chi connectivity index (χ0n) is 16.9. The first kappa shape index (κ1) is 23.1. The number of sulfonamides is 1. The topological polar surface area (TPSA) is 66.5 Å². The van der Waals surface area contributed by atoms with Crippen LogP contribution in [0.3, 0.4) is 0 Å². The molecule has 0 radical (unpaired) electrons. The number of hydrogen-bond donors (Lipinski definition) is 1. The zero-order chi connectivity index (χ0) is 21.7. The minimum atomic E-state index is -3.56. The second-order valence-corrected chi connectivity index (χ2v) is 10.5. The second kappa shape index (κ2) is 10.1. The smallest absolute Gasteiger partial charge is 0.224 e. The summed E-state index contributed by atoms with van der Waals surface area (Å²) >= 11 is 11.9. The van der Waals surface area contributed by atoms with Gasteiger partial charge in [0.2, 0.25) is 15.9 Å². The highest BCUT2D eigenvalue weighted by molar-refractivity contribution is 7.88. The maximum Gasteiger partial charge on any atom is 0.224 e. The number of carbonyl (C=O) groups is 1. The van der Waals surface area contributed by atoms with E-state index in [-0.39, 0.29) is 30.0 Å². The van der Waals surface area contributed by atoms with Gasteiger partial charge in [0, 0.05) is 19.6 Å². The molecule has 1 heterocycles. The Hall–Kier alpha value is -1.60. The predicted molar refractivity (Wildman–Crippen MR) is 121 cm³/mol. The van der Waals surface area contributed by atoms with E-state index in [1.165, 1.54) is 4.31 Å². The number of hydrogen-bond acceptors (Lipinski definition) is 3. The van der Waals surface area contributed by atoms with E-state index in [2.05, 4.69) is 12.2 Å². The molecule has 1 saturated heterocycles. The molecule has 3 rings (SSSR count). The Bertz CT molecular complexity index is 983. The van der Waals surface area contributed by atoms with Crippen molar-refractivity contribution in [1.29, 1.82) is 0 Å². The van der Waals surface area contributed by atoms with Gasteiger partial charge in [-0.05, 0) is 42.0 Å².